The van der Waals surface area contributed by atoms with E-state index in [9.17, 15) is 0 Å². The fourth-order valence-electron chi connectivity index (χ4n) is 0.995. The molecule has 1 heterocycles. The van der Waals surface area contributed by atoms with Gasteiger partial charge >= 0.3 is 0 Å². The molecule has 1 aromatic heterocycles. The molecule has 2 heteroatoms. The SMILES string of the molecule is C[SiH](C)C.c1ccc2[nH]ccc2c1. The molecule has 1 nitrogen and oxygen atoms in total. The number of rotatable bonds is 0. The molecule has 1 N–H and O–H groups in total. The van der Waals surface area contributed by atoms with Gasteiger partial charge in [-0.05, 0) is 17.5 Å². The Hall–Kier alpha value is -1.02. The number of para-hydroxylation sites is 1. The van der Waals surface area contributed by atoms with E-state index in [1.165, 1.54) is 10.9 Å². The highest BCUT2D eigenvalue weighted by Gasteiger charge is 1.86. The highest BCUT2D eigenvalue weighted by atomic mass is 28.3. The van der Waals surface area contributed by atoms with E-state index in [0.29, 0.717) is 0 Å². The normalized spacial score (nSPS) is 9.85. The second-order valence-corrected chi connectivity index (χ2v) is 7.26. The average molecular weight is 191 g/mol. The van der Waals surface area contributed by atoms with Crippen molar-refractivity contribution in [2.24, 2.45) is 0 Å². The minimum absolute atomic E-state index is 0.139. The van der Waals surface area contributed by atoms with Gasteiger partial charge in [0.1, 0.15) is 0 Å². The van der Waals surface area contributed by atoms with Gasteiger partial charge in [0.05, 0.1) is 0 Å². The summed E-state index contributed by atoms with van der Waals surface area (Å²) in [6, 6.07) is 10.3. The summed E-state index contributed by atoms with van der Waals surface area (Å²) < 4.78 is 0. The molecule has 0 fully saturated rings. The molecular weight excluding hydrogens is 174 g/mol. The first-order valence-corrected chi connectivity index (χ1v) is 8.18. The van der Waals surface area contributed by atoms with Gasteiger partial charge in [-0.2, -0.15) is 0 Å². The van der Waals surface area contributed by atoms with E-state index in [2.05, 4.69) is 42.8 Å². The van der Waals surface area contributed by atoms with Crippen molar-refractivity contribution in [3.8, 4) is 0 Å². The molecule has 0 aliphatic rings. The molecule has 0 radical (unpaired) electrons. The van der Waals surface area contributed by atoms with Crippen LogP contribution in [0.5, 0.6) is 0 Å². The third kappa shape index (κ3) is 3.47. The van der Waals surface area contributed by atoms with Gasteiger partial charge in [-0.3, -0.25) is 0 Å². The topological polar surface area (TPSA) is 15.8 Å². The first-order valence-electron chi connectivity index (χ1n) is 4.72. The fourth-order valence-corrected chi connectivity index (χ4v) is 0.995. The maximum absolute atomic E-state index is 3.12. The van der Waals surface area contributed by atoms with Crippen molar-refractivity contribution >= 4 is 19.7 Å². The van der Waals surface area contributed by atoms with Crippen molar-refractivity contribution in [1.82, 2.24) is 4.98 Å². The molecule has 0 aliphatic carbocycles. The fraction of sp³-hybridized carbons (Fsp3) is 0.273. The first-order chi connectivity index (χ1) is 6.20. The van der Waals surface area contributed by atoms with Crippen molar-refractivity contribution in [3.63, 3.8) is 0 Å². The molecule has 0 amide bonds. The highest BCUT2D eigenvalue weighted by molar-refractivity contribution is 6.54. The molecule has 0 unspecified atom stereocenters. The molecule has 0 saturated carbocycles. The standard InChI is InChI=1S/C8H7N.C3H10Si/c1-2-4-8-7(3-1)5-6-9-8;1-4(2)3/h1-6,9H;4H,1-3H3. The molecule has 13 heavy (non-hydrogen) atoms. The van der Waals surface area contributed by atoms with E-state index in [-0.39, 0.29) is 8.80 Å². The Bertz CT molecular complexity index is 319. The van der Waals surface area contributed by atoms with Crippen LogP contribution in [-0.2, 0) is 0 Å². The summed E-state index contributed by atoms with van der Waals surface area (Å²) in [4.78, 5) is 3.12. The number of H-pyrrole nitrogens is 1. The van der Waals surface area contributed by atoms with Gasteiger partial charge in [-0.1, -0.05) is 37.8 Å². The molecule has 0 aliphatic heterocycles. The number of hydrogen-bond acceptors (Lipinski definition) is 0. The van der Waals surface area contributed by atoms with Crippen LogP contribution >= 0.6 is 0 Å². The molecule has 0 bridgehead atoms. The van der Waals surface area contributed by atoms with Crippen LogP contribution in [0.4, 0.5) is 0 Å². The minimum Gasteiger partial charge on any atom is -0.361 e. The van der Waals surface area contributed by atoms with E-state index >= 15 is 0 Å². The van der Waals surface area contributed by atoms with Gasteiger partial charge in [-0.15, -0.1) is 0 Å². The molecule has 1 aromatic carbocycles. The largest absolute Gasteiger partial charge is 0.361 e. The molecule has 0 saturated heterocycles. The summed E-state index contributed by atoms with van der Waals surface area (Å²) in [7, 11) is -0.139. The number of aromatic amines is 1. The maximum Gasteiger partial charge on any atom is 0.0453 e. The molecule has 2 aromatic rings. The van der Waals surface area contributed by atoms with E-state index in [1.54, 1.807) is 0 Å². The van der Waals surface area contributed by atoms with Gasteiger partial charge in [0.25, 0.3) is 0 Å². The van der Waals surface area contributed by atoms with Crippen molar-refractivity contribution in [2.75, 3.05) is 0 Å². The summed E-state index contributed by atoms with van der Waals surface area (Å²) in [5.74, 6) is 0. The van der Waals surface area contributed by atoms with Gasteiger partial charge in [0.15, 0.2) is 0 Å². The number of nitrogens with one attached hydrogen (secondary N) is 1. The van der Waals surface area contributed by atoms with Crippen LogP contribution < -0.4 is 0 Å². The number of hydrogen-bond donors (Lipinski definition) is 1. The Labute approximate surface area is 81.4 Å². The molecular formula is C11H17NSi. The third-order valence-electron chi connectivity index (χ3n) is 1.46. The second kappa shape index (κ2) is 4.87. The third-order valence-corrected chi connectivity index (χ3v) is 1.46. The van der Waals surface area contributed by atoms with Gasteiger partial charge in [0.2, 0.25) is 0 Å². The van der Waals surface area contributed by atoms with Crippen LogP contribution in [-0.4, -0.2) is 13.8 Å². The van der Waals surface area contributed by atoms with Crippen molar-refractivity contribution in [3.05, 3.63) is 36.5 Å². The Balaban J connectivity index is 0.000000184. The van der Waals surface area contributed by atoms with Crippen molar-refractivity contribution < 1.29 is 0 Å². The van der Waals surface area contributed by atoms with Crippen LogP contribution in [0.2, 0.25) is 19.6 Å². The van der Waals surface area contributed by atoms with E-state index in [4.69, 9.17) is 0 Å². The summed E-state index contributed by atoms with van der Waals surface area (Å²) >= 11 is 0. The summed E-state index contributed by atoms with van der Waals surface area (Å²) in [6.45, 7) is 6.92. The van der Waals surface area contributed by atoms with E-state index < -0.39 is 0 Å². The zero-order chi connectivity index (χ0) is 9.68. The van der Waals surface area contributed by atoms with Crippen LogP contribution in [0.1, 0.15) is 0 Å². The van der Waals surface area contributed by atoms with E-state index in [0.717, 1.165) is 0 Å². The number of aromatic nitrogens is 1. The Morgan fingerprint density at radius 1 is 1.00 bits per heavy atom. The van der Waals surface area contributed by atoms with Gasteiger partial charge < -0.3 is 4.98 Å². The zero-order valence-electron chi connectivity index (χ0n) is 8.54. The average Bonchev–Trinajstić information content (AvgIpc) is 2.49. The van der Waals surface area contributed by atoms with Crippen LogP contribution in [0.3, 0.4) is 0 Å². The lowest BCUT2D eigenvalue weighted by Crippen LogP contribution is -1.84. The number of fused-ring (bicyclic) bond motifs is 1. The lowest BCUT2D eigenvalue weighted by Gasteiger charge is -1.83. The Morgan fingerprint density at radius 2 is 1.62 bits per heavy atom. The summed E-state index contributed by atoms with van der Waals surface area (Å²) in [6.07, 6.45) is 1.95. The molecule has 2 rings (SSSR count). The lowest BCUT2D eigenvalue weighted by atomic mass is 10.3. The summed E-state index contributed by atoms with van der Waals surface area (Å²) in [5.41, 5.74) is 1.21. The predicted octanol–water partition coefficient (Wildman–Crippen LogP) is 3.27. The second-order valence-electron chi connectivity index (χ2n) is 3.80. The molecule has 70 valence electrons. The van der Waals surface area contributed by atoms with Gasteiger partial charge in [-0.25, -0.2) is 0 Å². The lowest BCUT2D eigenvalue weighted by molar-refractivity contribution is 1.48. The maximum atomic E-state index is 3.12. The molecule has 0 spiro atoms. The van der Waals surface area contributed by atoms with Crippen LogP contribution in [0.15, 0.2) is 36.5 Å². The van der Waals surface area contributed by atoms with Gasteiger partial charge in [0, 0.05) is 20.5 Å². The first kappa shape index (κ1) is 10.1. The summed E-state index contributed by atoms with van der Waals surface area (Å²) in [5, 5.41) is 1.28. The highest BCUT2D eigenvalue weighted by Crippen LogP contribution is 2.09. The zero-order valence-corrected chi connectivity index (χ0v) is 9.70. The quantitative estimate of drug-likeness (QED) is 0.615. The number of benzene rings is 1. The Morgan fingerprint density at radius 3 is 2.23 bits per heavy atom. The Kier molecular flexibility index (Phi) is 3.77. The van der Waals surface area contributed by atoms with Crippen molar-refractivity contribution in [2.45, 2.75) is 19.6 Å². The minimum atomic E-state index is -0.139. The van der Waals surface area contributed by atoms with Crippen LogP contribution in [0.25, 0.3) is 10.9 Å². The smallest absolute Gasteiger partial charge is 0.0453 e. The monoisotopic (exact) mass is 191 g/mol. The van der Waals surface area contributed by atoms with Crippen LogP contribution in [0, 0.1) is 0 Å². The predicted molar refractivity (Wildman–Crippen MR) is 63.0 cm³/mol. The molecule has 0 atom stereocenters. The van der Waals surface area contributed by atoms with E-state index in [1.807, 2.05) is 18.3 Å². The van der Waals surface area contributed by atoms with Crippen molar-refractivity contribution in [1.29, 1.82) is 0 Å².